The fraction of sp³-hybridized carbons (Fsp3) is 0.762. The second kappa shape index (κ2) is 8.80. The summed E-state index contributed by atoms with van der Waals surface area (Å²) in [5.41, 5.74) is 1.19. The Labute approximate surface area is 171 Å². The van der Waals surface area contributed by atoms with Gasteiger partial charge in [-0.25, -0.2) is 4.98 Å². The molecule has 1 atom stereocenters. The molecule has 2 amide bonds. The largest absolute Gasteiger partial charge is 0.353 e. The molecule has 6 nitrogen and oxygen atoms in total. The summed E-state index contributed by atoms with van der Waals surface area (Å²) in [7, 11) is 0. The number of nitrogens with one attached hydrogen (secondary N) is 1. The van der Waals surface area contributed by atoms with E-state index < -0.39 is 0 Å². The number of hydrogen-bond acceptors (Lipinski definition) is 5. The Kier molecular flexibility index (Phi) is 6.19. The molecule has 2 heterocycles. The van der Waals surface area contributed by atoms with E-state index in [2.05, 4.69) is 10.2 Å². The molecule has 2 fully saturated rings. The molecule has 1 aromatic rings. The summed E-state index contributed by atoms with van der Waals surface area (Å²) in [5.74, 6) is 0.502. The molecule has 1 saturated carbocycles. The van der Waals surface area contributed by atoms with Crippen molar-refractivity contribution < 1.29 is 9.59 Å². The van der Waals surface area contributed by atoms with E-state index in [9.17, 15) is 9.59 Å². The molecule has 0 spiro atoms. The quantitative estimate of drug-likeness (QED) is 0.787. The molecule has 1 saturated heterocycles. The fourth-order valence-electron chi connectivity index (χ4n) is 4.68. The summed E-state index contributed by atoms with van der Waals surface area (Å²) in [6, 6.07) is 0.381. The van der Waals surface area contributed by atoms with Gasteiger partial charge in [0.25, 0.3) is 0 Å². The van der Waals surface area contributed by atoms with Gasteiger partial charge in [-0.3, -0.25) is 9.59 Å². The van der Waals surface area contributed by atoms with Gasteiger partial charge in [0, 0.05) is 49.9 Å². The number of piperazine rings is 1. The third-order valence-electron chi connectivity index (χ3n) is 6.50. The molecule has 0 radical (unpaired) electrons. The highest BCUT2D eigenvalue weighted by atomic mass is 32.1. The zero-order chi connectivity index (χ0) is 19.5. The van der Waals surface area contributed by atoms with Crippen molar-refractivity contribution in [2.75, 3.05) is 31.1 Å². The monoisotopic (exact) mass is 404 g/mol. The van der Waals surface area contributed by atoms with Gasteiger partial charge in [-0.1, -0.05) is 25.7 Å². The maximum atomic E-state index is 12.8. The van der Waals surface area contributed by atoms with Crippen molar-refractivity contribution in [3.05, 3.63) is 10.6 Å². The topological polar surface area (TPSA) is 65.5 Å². The highest BCUT2D eigenvalue weighted by Gasteiger charge is 2.30. The van der Waals surface area contributed by atoms with Crippen LogP contribution in [0.5, 0.6) is 0 Å². The minimum atomic E-state index is 0.0959. The average molecular weight is 405 g/mol. The van der Waals surface area contributed by atoms with E-state index in [4.69, 9.17) is 4.98 Å². The Bertz CT molecular complexity index is 703. The highest BCUT2D eigenvalue weighted by molar-refractivity contribution is 7.15. The van der Waals surface area contributed by atoms with Crippen LogP contribution in [0.1, 0.15) is 62.4 Å². The second-order valence-electron chi connectivity index (χ2n) is 8.50. The van der Waals surface area contributed by atoms with Crippen LogP contribution < -0.4 is 10.2 Å². The van der Waals surface area contributed by atoms with Crippen molar-refractivity contribution in [1.82, 2.24) is 15.2 Å². The predicted molar refractivity (Wildman–Crippen MR) is 112 cm³/mol. The lowest BCUT2D eigenvalue weighted by Gasteiger charge is -2.33. The Morgan fingerprint density at radius 2 is 1.75 bits per heavy atom. The zero-order valence-corrected chi connectivity index (χ0v) is 17.7. The van der Waals surface area contributed by atoms with Gasteiger partial charge in [-0.05, 0) is 32.1 Å². The van der Waals surface area contributed by atoms with E-state index in [-0.39, 0.29) is 17.7 Å². The summed E-state index contributed by atoms with van der Waals surface area (Å²) >= 11 is 1.75. The minimum Gasteiger partial charge on any atom is -0.353 e. The standard InChI is InChI=1S/C21H32N4O2S/c1-15(26)24-10-12-25(13-11-24)21-23-18-9-8-16(14-19(18)28-21)20(27)22-17-6-4-2-3-5-7-17/h16-17H,2-14H2,1H3,(H,22,27)/t16-/m1/s1. The second-order valence-corrected chi connectivity index (χ2v) is 9.56. The van der Waals surface area contributed by atoms with Crippen LogP contribution in [0.15, 0.2) is 0 Å². The minimum absolute atomic E-state index is 0.0959. The van der Waals surface area contributed by atoms with Crippen LogP contribution in [0.4, 0.5) is 5.13 Å². The third-order valence-corrected chi connectivity index (χ3v) is 7.68. The van der Waals surface area contributed by atoms with Gasteiger partial charge >= 0.3 is 0 Å². The van der Waals surface area contributed by atoms with Crippen LogP contribution in [0.2, 0.25) is 0 Å². The lowest BCUT2D eigenvalue weighted by Crippen LogP contribution is -2.48. The maximum Gasteiger partial charge on any atom is 0.223 e. The number of anilines is 1. The molecule has 0 bridgehead atoms. The van der Waals surface area contributed by atoms with Crippen molar-refractivity contribution in [1.29, 1.82) is 0 Å². The van der Waals surface area contributed by atoms with Crippen LogP contribution >= 0.6 is 11.3 Å². The van der Waals surface area contributed by atoms with E-state index in [0.29, 0.717) is 6.04 Å². The van der Waals surface area contributed by atoms with Crippen LogP contribution in [0, 0.1) is 5.92 Å². The number of aromatic nitrogens is 1. The number of rotatable bonds is 3. The van der Waals surface area contributed by atoms with Crippen LogP contribution in [-0.4, -0.2) is 53.9 Å². The van der Waals surface area contributed by atoms with Gasteiger partial charge in [0.05, 0.1) is 5.69 Å². The van der Waals surface area contributed by atoms with Crippen LogP contribution in [-0.2, 0) is 22.4 Å². The molecular formula is C21H32N4O2S. The Morgan fingerprint density at radius 3 is 2.43 bits per heavy atom. The third kappa shape index (κ3) is 4.50. The van der Waals surface area contributed by atoms with Gasteiger partial charge in [0.1, 0.15) is 0 Å². The summed E-state index contributed by atoms with van der Waals surface area (Å²) in [6.07, 6.45) is 10.0. The number of amides is 2. The molecule has 0 unspecified atom stereocenters. The first-order chi connectivity index (χ1) is 13.6. The first-order valence-corrected chi connectivity index (χ1v) is 11.7. The smallest absolute Gasteiger partial charge is 0.223 e. The normalized spacial score (nSPS) is 23.8. The maximum absolute atomic E-state index is 12.8. The molecule has 154 valence electrons. The number of aryl methyl sites for hydroxylation is 1. The van der Waals surface area contributed by atoms with Crippen molar-refractivity contribution in [3.63, 3.8) is 0 Å². The first-order valence-electron chi connectivity index (χ1n) is 10.9. The van der Waals surface area contributed by atoms with E-state index in [0.717, 1.165) is 63.4 Å². The van der Waals surface area contributed by atoms with Crippen molar-refractivity contribution >= 4 is 28.3 Å². The van der Waals surface area contributed by atoms with Gasteiger partial charge < -0.3 is 15.1 Å². The van der Waals surface area contributed by atoms with Crippen LogP contribution in [0.25, 0.3) is 0 Å². The van der Waals surface area contributed by atoms with Crippen molar-refractivity contribution in [2.24, 2.45) is 5.92 Å². The zero-order valence-electron chi connectivity index (χ0n) is 16.9. The highest BCUT2D eigenvalue weighted by Crippen LogP contribution is 2.34. The van der Waals surface area contributed by atoms with Crippen molar-refractivity contribution in [3.8, 4) is 0 Å². The van der Waals surface area contributed by atoms with Gasteiger partial charge in [0.2, 0.25) is 11.8 Å². The summed E-state index contributed by atoms with van der Waals surface area (Å²) in [4.78, 5) is 34.7. The van der Waals surface area contributed by atoms with E-state index in [1.54, 1.807) is 18.3 Å². The van der Waals surface area contributed by atoms with Crippen molar-refractivity contribution in [2.45, 2.75) is 70.8 Å². The fourth-order valence-corrected chi connectivity index (χ4v) is 5.91. The molecule has 1 aliphatic heterocycles. The van der Waals surface area contributed by atoms with Gasteiger partial charge in [-0.2, -0.15) is 0 Å². The van der Waals surface area contributed by atoms with Gasteiger partial charge in [0.15, 0.2) is 5.13 Å². The van der Waals surface area contributed by atoms with E-state index in [1.165, 1.54) is 36.3 Å². The molecule has 28 heavy (non-hydrogen) atoms. The SMILES string of the molecule is CC(=O)N1CCN(c2nc3c(s2)C[C@H](C(=O)NC2CCCCCC2)CC3)CC1. The molecule has 7 heteroatoms. The lowest BCUT2D eigenvalue weighted by molar-refractivity contribution is -0.129. The Morgan fingerprint density at radius 1 is 1.04 bits per heavy atom. The predicted octanol–water partition coefficient (Wildman–Crippen LogP) is 2.76. The summed E-state index contributed by atoms with van der Waals surface area (Å²) in [6.45, 7) is 4.87. The Balaban J connectivity index is 1.34. The number of carbonyl (C=O) groups is 2. The van der Waals surface area contributed by atoms with Crippen LogP contribution in [0.3, 0.4) is 0 Å². The summed E-state index contributed by atoms with van der Waals surface area (Å²) < 4.78 is 0. The molecule has 2 aliphatic carbocycles. The Hall–Kier alpha value is -1.63. The molecule has 0 aromatic carbocycles. The lowest BCUT2D eigenvalue weighted by atomic mass is 9.90. The first kappa shape index (κ1) is 19.7. The molecule has 1 aromatic heterocycles. The van der Waals surface area contributed by atoms with E-state index >= 15 is 0 Å². The number of nitrogens with zero attached hydrogens (tertiary/aromatic N) is 3. The molecular weight excluding hydrogens is 372 g/mol. The number of thiazole rings is 1. The molecule has 4 rings (SSSR count). The molecule has 1 N–H and O–H groups in total. The summed E-state index contributed by atoms with van der Waals surface area (Å²) in [5, 5.41) is 4.41. The number of carbonyl (C=O) groups excluding carboxylic acids is 2. The van der Waals surface area contributed by atoms with E-state index in [1.807, 2.05) is 4.90 Å². The van der Waals surface area contributed by atoms with Gasteiger partial charge in [-0.15, -0.1) is 11.3 Å². The number of fused-ring (bicyclic) bond motifs is 1. The molecule has 3 aliphatic rings. The average Bonchev–Trinajstić information content (AvgIpc) is 2.97. The number of hydrogen-bond donors (Lipinski definition) is 1.